The first-order valence-electron chi connectivity index (χ1n) is 4.28. The van der Waals surface area contributed by atoms with Crippen molar-refractivity contribution in [2.75, 3.05) is 12.4 Å². The second-order valence-corrected chi connectivity index (χ2v) is 5.86. The molecule has 94 valence electrons. The van der Waals surface area contributed by atoms with Crippen LogP contribution in [0.3, 0.4) is 0 Å². The molecule has 0 radical (unpaired) electrons. The van der Waals surface area contributed by atoms with E-state index >= 15 is 0 Å². The Balaban J connectivity index is 2.70. The minimum absolute atomic E-state index is 0.268. The van der Waals surface area contributed by atoms with Gasteiger partial charge in [0.25, 0.3) is 5.69 Å². The maximum Gasteiger partial charge on any atom is 0.272 e. The summed E-state index contributed by atoms with van der Waals surface area (Å²) in [7, 11) is 1.20. The van der Waals surface area contributed by atoms with Gasteiger partial charge in [0.15, 0.2) is 11.6 Å². The summed E-state index contributed by atoms with van der Waals surface area (Å²) in [4.78, 5) is 9.56. The van der Waals surface area contributed by atoms with Gasteiger partial charge in [-0.1, -0.05) is 0 Å². The first-order chi connectivity index (χ1) is 7.79. The molecule has 0 atom stereocenters. The van der Waals surface area contributed by atoms with Crippen molar-refractivity contribution in [3.05, 3.63) is 34.1 Å². The van der Waals surface area contributed by atoms with Crippen LogP contribution < -0.4 is 4.74 Å². The van der Waals surface area contributed by atoms with Gasteiger partial charge < -0.3 is 4.74 Å². The molecular formula is C8H7ClFNO5S. The number of ether oxygens (including phenoxy) is 1. The molecule has 0 aromatic heterocycles. The maximum absolute atomic E-state index is 13.2. The Morgan fingerprint density at radius 2 is 2.12 bits per heavy atom. The largest absolute Gasteiger partial charge is 0.489 e. The van der Waals surface area contributed by atoms with E-state index in [4.69, 9.17) is 15.4 Å². The van der Waals surface area contributed by atoms with Crippen LogP contribution in [0, 0.1) is 15.9 Å². The van der Waals surface area contributed by atoms with E-state index < -0.39 is 31.2 Å². The zero-order valence-electron chi connectivity index (χ0n) is 8.30. The van der Waals surface area contributed by atoms with Crippen molar-refractivity contribution in [1.29, 1.82) is 0 Å². The third-order valence-electron chi connectivity index (χ3n) is 1.71. The van der Waals surface area contributed by atoms with Crippen LogP contribution in [-0.2, 0) is 9.05 Å². The molecule has 0 saturated carbocycles. The van der Waals surface area contributed by atoms with E-state index in [-0.39, 0.29) is 12.4 Å². The van der Waals surface area contributed by atoms with Crippen LogP contribution >= 0.6 is 10.7 Å². The summed E-state index contributed by atoms with van der Waals surface area (Å²) >= 11 is 0. The zero-order valence-corrected chi connectivity index (χ0v) is 9.87. The number of halogens is 2. The lowest BCUT2D eigenvalue weighted by molar-refractivity contribution is -0.385. The van der Waals surface area contributed by atoms with Crippen LogP contribution in [0.4, 0.5) is 10.1 Å². The molecule has 0 aliphatic carbocycles. The van der Waals surface area contributed by atoms with Gasteiger partial charge >= 0.3 is 0 Å². The lowest BCUT2D eigenvalue weighted by Crippen LogP contribution is -2.09. The van der Waals surface area contributed by atoms with E-state index in [1.165, 1.54) is 0 Å². The molecule has 9 heteroatoms. The van der Waals surface area contributed by atoms with Gasteiger partial charge in [-0.25, -0.2) is 12.8 Å². The van der Waals surface area contributed by atoms with E-state index in [1.807, 2.05) is 0 Å². The van der Waals surface area contributed by atoms with Crippen LogP contribution in [0.5, 0.6) is 5.75 Å². The molecule has 0 aliphatic rings. The van der Waals surface area contributed by atoms with Gasteiger partial charge in [0.2, 0.25) is 9.05 Å². The van der Waals surface area contributed by atoms with Gasteiger partial charge in [-0.15, -0.1) is 0 Å². The number of non-ortho nitro benzene ring substituents is 1. The lowest BCUT2D eigenvalue weighted by atomic mass is 10.3. The molecular weight excluding hydrogens is 277 g/mol. The van der Waals surface area contributed by atoms with Crippen LogP contribution in [0.25, 0.3) is 0 Å². The second kappa shape index (κ2) is 5.28. The average Bonchev–Trinajstić information content (AvgIpc) is 2.18. The molecule has 0 saturated heterocycles. The number of hydrogen-bond donors (Lipinski definition) is 0. The van der Waals surface area contributed by atoms with Crippen LogP contribution in [0.2, 0.25) is 0 Å². The predicted molar refractivity (Wildman–Crippen MR) is 58.2 cm³/mol. The van der Waals surface area contributed by atoms with Crippen molar-refractivity contribution in [3.63, 3.8) is 0 Å². The zero-order chi connectivity index (χ0) is 13.1. The van der Waals surface area contributed by atoms with Crippen LogP contribution in [0.15, 0.2) is 18.2 Å². The number of nitro groups is 1. The van der Waals surface area contributed by atoms with E-state index in [9.17, 15) is 22.9 Å². The van der Waals surface area contributed by atoms with E-state index in [2.05, 4.69) is 0 Å². The Kier molecular flexibility index (Phi) is 4.24. The number of nitrogens with zero attached hydrogens (tertiary/aromatic N) is 1. The molecule has 6 nitrogen and oxygen atoms in total. The van der Waals surface area contributed by atoms with Crippen molar-refractivity contribution < 1.29 is 22.5 Å². The second-order valence-electron chi connectivity index (χ2n) is 2.96. The smallest absolute Gasteiger partial charge is 0.272 e. The highest BCUT2D eigenvalue weighted by Gasteiger charge is 2.12. The normalized spacial score (nSPS) is 11.2. The van der Waals surface area contributed by atoms with Gasteiger partial charge in [0.1, 0.15) is 6.61 Å². The van der Waals surface area contributed by atoms with Crippen molar-refractivity contribution in [1.82, 2.24) is 0 Å². The summed E-state index contributed by atoms with van der Waals surface area (Å²) in [5.41, 5.74) is -0.417. The molecule has 0 unspecified atom stereocenters. The summed E-state index contributed by atoms with van der Waals surface area (Å²) in [5.74, 6) is -1.69. The minimum Gasteiger partial charge on any atom is -0.489 e. The van der Waals surface area contributed by atoms with E-state index in [1.54, 1.807) is 0 Å². The number of rotatable bonds is 5. The Bertz CT molecular complexity index is 533. The first kappa shape index (κ1) is 13.7. The highest BCUT2D eigenvalue weighted by molar-refractivity contribution is 8.13. The molecule has 0 aliphatic heterocycles. The predicted octanol–water partition coefficient (Wildman–Crippen LogP) is 1.68. The van der Waals surface area contributed by atoms with E-state index in [0.717, 1.165) is 12.1 Å². The highest BCUT2D eigenvalue weighted by atomic mass is 35.7. The Morgan fingerprint density at radius 1 is 1.47 bits per heavy atom. The van der Waals surface area contributed by atoms with Crippen molar-refractivity contribution in [3.8, 4) is 5.75 Å². The molecule has 0 amide bonds. The molecule has 0 spiro atoms. The van der Waals surface area contributed by atoms with Gasteiger partial charge in [-0.3, -0.25) is 10.1 Å². The maximum atomic E-state index is 13.2. The molecule has 0 bridgehead atoms. The van der Waals surface area contributed by atoms with Gasteiger partial charge in [0, 0.05) is 16.7 Å². The number of nitro benzene ring substituents is 1. The molecule has 0 N–H and O–H groups in total. The Labute approximate surface area is 101 Å². The molecule has 1 aromatic carbocycles. The lowest BCUT2D eigenvalue weighted by Gasteiger charge is -2.05. The minimum atomic E-state index is -3.71. The summed E-state index contributed by atoms with van der Waals surface area (Å²) in [6, 6.07) is 2.78. The summed E-state index contributed by atoms with van der Waals surface area (Å²) in [6.07, 6.45) is 0. The third kappa shape index (κ3) is 4.53. The van der Waals surface area contributed by atoms with Crippen LogP contribution in [-0.4, -0.2) is 25.7 Å². The van der Waals surface area contributed by atoms with Crippen molar-refractivity contribution in [2.45, 2.75) is 0 Å². The summed E-state index contributed by atoms with van der Waals surface area (Å²) < 4.78 is 39.1. The van der Waals surface area contributed by atoms with Gasteiger partial charge in [-0.05, 0) is 6.07 Å². The van der Waals surface area contributed by atoms with Gasteiger partial charge in [0.05, 0.1) is 16.7 Å². The first-order valence-corrected chi connectivity index (χ1v) is 6.76. The third-order valence-corrected chi connectivity index (χ3v) is 2.83. The summed E-state index contributed by atoms with van der Waals surface area (Å²) in [6.45, 7) is -0.333. The number of benzene rings is 1. The SMILES string of the molecule is O=[N+]([O-])c1ccc(OCCS(=O)(=O)Cl)c(F)c1. The standard InChI is InChI=1S/C8H7ClFNO5S/c9-17(14,15)4-3-16-8-2-1-6(11(12)13)5-7(8)10/h1-2,5H,3-4H2. The average molecular weight is 284 g/mol. The van der Waals surface area contributed by atoms with Gasteiger partial charge in [-0.2, -0.15) is 0 Å². The fraction of sp³-hybridized carbons (Fsp3) is 0.250. The number of hydrogen-bond acceptors (Lipinski definition) is 5. The molecule has 0 fully saturated rings. The molecule has 1 rings (SSSR count). The topological polar surface area (TPSA) is 86.5 Å². The fourth-order valence-corrected chi connectivity index (χ4v) is 1.44. The Hall–Kier alpha value is -1.41. The highest BCUT2D eigenvalue weighted by Crippen LogP contribution is 2.22. The fourth-order valence-electron chi connectivity index (χ4n) is 0.972. The van der Waals surface area contributed by atoms with Crippen LogP contribution in [0.1, 0.15) is 0 Å². The molecule has 0 heterocycles. The monoisotopic (exact) mass is 283 g/mol. The summed E-state index contributed by atoms with van der Waals surface area (Å²) in [5, 5.41) is 10.3. The van der Waals surface area contributed by atoms with Crippen molar-refractivity contribution in [2.24, 2.45) is 0 Å². The quantitative estimate of drug-likeness (QED) is 0.466. The van der Waals surface area contributed by atoms with E-state index in [0.29, 0.717) is 6.07 Å². The Morgan fingerprint density at radius 3 is 2.59 bits per heavy atom. The molecule has 1 aromatic rings. The molecule has 17 heavy (non-hydrogen) atoms. The van der Waals surface area contributed by atoms with Crippen molar-refractivity contribution >= 4 is 25.4 Å².